The molecule has 1 aliphatic rings. The van der Waals surface area contributed by atoms with E-state index in [1.54, 1.807) is 0 Å². The van der Waals surface area contributed by atoms with Crippen LogP contribution in [-0.4, -0.2) is 37.6 Å². The van der Waals surface area contributed by atoms with Gasteiger partial charge in [0.1, 0.15) is 6.61 Å². The molecule has 17 heavy (non-hydrogen) atoms. The van der Waals surface area contributed by atoms with E-state index in [-0.39, 0.29) is 30.4 Å². The van der Waals surface area contributed by atoms with Crippen LogP contribution in [0.5, 0.6) is 0 Å². The lowest BCUT2D eigenvalue weighted by molar-refractivity contribution is -0.126. The van der Waals surface area contributed by atoms with Gasteiger partial charge in [0, 0.05) is 18.5 Å². The van der Waals surface area contributed by atoms with Gasteiger partial charge in [-0.2, -0.15) is 0 Å². The van der Waals surface area contributed by atoms with Crippen LogP contribution in [0, 0.1) is 5.92 Å². The molecule has 0 unspecified atom stereocenters. The Hall–Kier alpha value is -1.14. The van der Waals surface area contributed by atoms with Crippen molar-refractivity contribution >= 4 is 11.8 Å². The highest BCUT2D eigenvalue weighted by atomic mass is 16.5. The minimum absolute atomic E-state index is 0.0309. The van der Waals surface area contributed by atoms with E-state index in [1.165, 1.54) is 0 Å². The minimum atomic E-state index is -0.235. The lowest BCUT2D eigenvalue weighted by Gasteiger charge is -2.27. The van der Waals surface area contributed by atoms with E-state index in [9.17, 15) is 9.59 Å². The normalized spacial score (nSPS) is 24.3. The number of nitrogens with one attached hydrogen (secondary N) is 1. The van der Waals surface area contributed by atoms with Gasteiger partial charge in [0.25, 0.3) is 0 Å². The largest absolute Gasteiger partial charge is 0.370 e. The van der Waals surface area contributed by atoms with Crippen molar-refractivity contribution in [2.45, 2.75) is 31.7 Å². The molecular weight excluding hydrogens is 222 g/mol. The van der Waals surface area contributed by atoms with Gasteiger partial charge in [-0.05, 0) is 25.7 Å². The van der Waals surface area contributed by atoms with Crippen molar-refractivity contribution in [3.63, 3.8) is 0 Å². The van der Waals surface area contributed by atoms with Crippen LogP contribution >= 0.6 is 0 Å². The van der Waals surface area contributed by atoms with Crippen LogP contribution in [0.1, 0.15) is 25.7 Å². The van der Waals surface area contributed by atoms with E-state index in [1.807, 2.05) is 0 Å². The van der Waals surface area contributed by atoms with E-state index in [0.29, 0.717) is 13.2 Å². The Morgan fingerprint density at radius 1 is 1.24 bits per heavy atom. The molecule has 6 nitrogen and oxygen atoms in total. The third-order valence-electron chi connectivity index (χ3n) is 2.99. The molecule has 0 bridgehead atoms. The maximum Gasteiger partial charge on any atom is 0.246 e. The van der Waals surface area contributed by atoms with Crippen molar-refractivity contribution < 1.29 is 14.3 Å². The number of hydrogen-bond donors (Lipinski definition) is 3. The Balaban J connectivity index is 2.17. The number of rotatable bonds is 6. The molecule has 0 saturated heterocycles. The van der Waals surface area contributed by atoms with Gasteiger partial charge in [-0.15, -0.1) is 0 Å². The van der Waals surface area contributed by atoms with E-state index >= 15 is 0 Å². The quantitative estimate of drug-likeness (QED) is 0.526. The van der Waals surface area contributed by atoms with Gasteiger partial charge in [-0.3, -0.25) is 9.59 Å². The second-order valence-electron chi connectivity index (χ2n) is 4.36. The molecule has 2 amide bonds. The van der Waals surface area contributed by atoms with Gasteiger partial charge >= 0.3 is 0 Å². The molecule has 0 radical (unpaired) electrons. The maximum atomic E-state index is 11.4. The topological polar surface area (TPSA) is 107 Å². The molecule has 1 saturated carbocycles. The van der Waals surface area contributed by atoms with Gasteiger partial charge in [0.05, 0.1) is 6.61 Å². The first-order valence-corrected chi connectivity index (χ1v) is 6.00. The summed E-state index contributed by atoms with van der Waals surface area (Å²) < 4.78 is 5.03. The highest BCUT2D eigenvalue weighted by molar-refractivity contribution is 5.78. The van der Waals surface area contributed by atoms with E-state index in [0.717, 1.165) is 25.7 Å². The van der Waals surface area contributed by atoms with Crippen LogP contribution in [-0.2, 0) is 14.3 Å². The molecule has 0 heterocycles. The summed E-state index contributed by atoms with van der Waals surface area (Å²) >= 11 is 0. The first-order chi connectivity index (χ1) is 8.13. The summed E-state index contributed by atoms with van der Waals surface area (Å²) in [7, 11) is 0. The summed E-state index contributed by atoms with van der Waals surface area (Å²) in [6.45, 7) is 0.853. The van der Waals surface area contributed by atoms with Crippen LogP contribution in [0.25, 0.3) is 0 Å². The molecule has 0 aromatic heterocycles. The first-order valence-electron chi connectivity index (χ1n) is 6.00. The number of hydrogen-bond acceptors (Lipinski definition) is 4. The molecule has 6 heteroatoms. The van der Waals surface area contributed by atoms with Crippen molar-refractivity contribution in [1.29, 1.82) is 0 Å². The summed E-state index contributed by atoms with van der Waals surface area (Å²) in [6.07, 6.45) is 3.11. The summed E-state index contributed by atoms with van der Waals surface area (Å²) in [5.74, 6) is -0.390. The van der Waals surface area contributed by atoms with Gasteiger partial charge in [0.2, 0.25) is 11.8 Å². The Labute approximate surface area is 101 Å². The van der Waals surface area contributed by atoms with Crippen molar-refractivity contribution in [3.8, 4) is 0 Å². The molecule has 0 aromatic carbocycles. The summed E-state index contributed by atoms with van der Waals surface area (Å²) in [5.41, 5.74) is 10.5. The van der Waals surface area contributed by atoms with Gasteiger partial charge in [-0.1, -0.05) is 0 Å². The van der Waals surface area contributed by atoms with E-state index in [4.69, 9.17) is 16.2 Å². The van der Waals surface area contributed by atoms with E-state index in [2.05, 4.69) is 5.32 Å². The molecule has 0 aromatic rings. The zero-order chi connectivity index (χ0) is 12.7. The van der Waals surface area contributed by atoms with Crippen molar-refractivity contribution in [2.75, 3.05) is 19.8 Å². The van der Waals surface area contributed by atoms with Crippen LogP contribution in [0.4, 0.5) is 0 Å². The fourth-order valence-corrected chi connectivity index (χ4v) is 2.04. The Morgan fingerprint density at radius 2 is 1.88 bits per heavy atom. The van der Waals surface area contributed by atoms with Crippen molar-refractivity contribution in [2.24, 2.45) is 17.4 Å². The SMILES string of the molecule is NCCOCC(=O)NC1CCC(C(N)=O)CC1. The van der Waals surface area contributed by atoms with Crippen molar-refractivity contribution in [3.05, 3.63) is 0 Å². The zero-order valence-electron chi connectivity index (χ0n) is 9.98. The van der Waals surface area contributed by atoms with Crippen LogP contribution in [0.2, 0.25) is 0 Å². The zero-order valence-corrected chi connectivity index (χ0v) is 9.98. The van der Waals surface area contributed by atoms with Crippen molar-refractivity contribution in [1.82, 2.24) is 5.32 Å². The Kier molecular flexibility index (Phi) is 5.93. The van der Waals surface area contributed by atoms with Gasteiger partial charge < -0.3 is 21.5 Å². The predicted octanol–water partition coefficient (Wildman–Crippen LogP) is -0.878. The lowest BCUT2D eigenvalue weighted by Crippen LogP contribution is -2.41. The summed E-state index contributed by atoms with van der Waals surface area (Å²) in [5, 5.41) is 2.88. The predicted molar refractivity (Wildman–Crippen MR) is 63.0 cm³/mol. The Morgan fingerprint density at radius 3 is 2.41 bits per heavy atom. The molecule has 0 aliphatic heterocycles. The standard InChI is InChI=1S/C11H21N3O3/c12-5-6-17-7-10(15)14-9-3-1-8(2-4-9)11(13)16/h8-9H,1-7,12H2,(H2,13,16)(H,14,15). The number of nitrogens with two attached hydrogens (primary N) is 2. The molecule has 0 atom stereocenters. The third kappa shape index (κ3) is 5.14. The highest BCUT2D eigenvalue weighted by Crippen LogP contribution is 2.23. The van der Waals surface area contributed by atoms with Crippen LogP contribution < -0.4 is 16.8 Å². The lowest BCUT2D eigenvalue weighted by atomic mass is 9.85. The average Bonchev–Trinajstić information content (AvgIpc) is 2.30. The molecule has 1 fully saturated rings. The highest BCUT2D eigenvalue weighted by Gasteiger charge is 2.25. The smallest absolute Gasteiger partial charge is 0.246 e. The molecule has 5 N–H and O–H groups in total. The number of carbonyl (C=O) groups is 2. The fourth-order valence-electron chi connectivity index (χ4n) is 2.04. The Bertz CT molecular complexity index is 263. The number of ether oxygens (including phenoxy) is 1. The molecule has 98 valence electrons. The van der Waals surface area contributed by atoms with Crippen LogP contribution in [0.3, 0.4) is 0 Å². The second kappa shape index (κ2) is 7.24. The molecule has 1 aliphatic carbocycles. The number of primary amides is 1. The maximum absolute atomic E-state index is 11.4. The van der Waals surface area contributed by atoms with Gasteiger partial charge in [-0.25, -0.2) is 0 Å². The monoisotopic (exact) mass is 243 g/mol. The average molecular weight is 243 g/mol. The molecule has 0 spiro atoms. The summed E-state index contributed by atoms with van der Waals surface area (Å²) in [6, 6.07) is 0.138. The number of carbonyl (C=O) groups excluding carboxylic acids is 2. The second-order valence-corrected chi connectivity index (χ2v) is 4.36. The molecule has 1 rings (SSSR count). The van der Waals surface area contributed by atoms with E-state index < -0.39 is 0 Å². The minimum Gasteiger partial charge on any atom is -0.370 e. The molecular formula is C11H21N3O3. The van der Waals surface area contributed by atoms with Gasteiger partial charge in [0.15, 0.2) is 0 Å². The summed E-state index contributed by atoms with van der Waals surface area (Å²) in [4.78, 5) is 22.4. The van der Waals surface area contributed by atoms with Crippen LogP contribution in [0.15, 0.2) is 0 Å². The fraction of sp³-hybridized carbons (Fsp3) is 0.818. The number of amides is 2. The third-order valence-corrected chi connectivity index (χ3v) is 2.99. The first kappa shape index (κ1) is 13.9.